The van der Waals surface area contributed by atoms with Gasteiger partial charge in [0, 0.05) is 11.1 Å². The van der Waals surface area contributed by atoms with E-state index >= 15 is 0 Å². The molecule has 0 heterocycles. The third kappa shape index (κ3) is 3.55. The molecule has 0 spiro atoms. The van der Waals surface area contributed by atoms with Crippen molar-refractivity contribution < 1.29 is 5.21 Å². The van der Waals surface area contributed by atoms with Gasteiger partial charge in [-0.05, 0) is 17.2 Å². The highest BCUT2D eigenvalue weighted by Crippen LogP contribution is 2.23. The Labute approximate surface area is 136 Å². The Balaban J connectivity index is 2.14. The Hall–Kier alpha value is -3.13. The molecule has 23 heavy (non-hydrogen) atoms. The summed E-state index contributed by atoms with van der Waals surface area (Å²) in [5, 5.41) is 13.2. The minimum absolute atomic E-state index is 0.556. The summed E-state index contributed by atoms with van der Waals surface area (Å²) < 4.78 is 0. The summed E-state index contributed by atoms with van der Waals surface area (Å²) >= 11 is 0. The highest BCUT2D eigenvalue weighted by Gasteiger charge is 2.13. The zero-order chi connectivity index (χ0) is 15.9. The van der Waals surface area contributed by atoms with E-state index in [1.54, 1.807) is 0 Å². The fourth-order valence-electron chi connectivity index (χ4n) is 2.49. The zero-order valence-corrected chi connectivity index (χ0v) is 12.6. The zero-order valence-electron chi connectivity index (χ0n) is 12.6. The lowest BCUT2D eigenvalue weighted by atomic mass is 9.94. The average molecular weight is 299 g/mol. The maximum atomic E-state index is 9.64. The fourth-order valence-corrected chi connectivity index (χ4v) is 2.49. The molecule has 3 rings (SSSR count). The van der Waals surface area contributed by atoms with Gasteiger partial charge in [-0.15, -0.1) is 0 Å². The van der Waals surface area contributed by atoms with Gasteiger partial charge >= 0.3 is 0 Å². The molecule has 0 saturated heterocycles. The number of hydrogen-bond acceptors (Lipinski definition) is 2. The first kappa shape index (κ1) is 14.8. The topological polar surface area (TPSA) is 32.6 Å². The van der Waals surface area contributed by atoms with Crippen LogP contribution in [0.5, 0.6) is 0 Å². The van der Waals surface area contributed by atoms with Crippen molar-refractivity contribution in [2.24, 2.45) is 5.16 Å². The molecule has 2 nitrogen and oxygen atoms in total. The molecule has 0 aliphatic heterocycles. The Bertz CT molecular complexity index is 806. The van der Waals surface area contributed by atoms with Crippen LogP contribution >= 0.6 is 0 Å². The van der Waals surface area contributed by atoms with Crippen LogP contribution in [-0.2, 0) is 0 Å². The molecule has 0 aliphatic rings. The SMILES string of the molecule is O/N=C(\C(=Cc1ccccc1)c1ccccc1)c1ccccc1. The molecular weight excluding hydrogens is 282 g/mol. The second-order valence-corrected chi connectivity index (χ2v) is 5.15. The average Bonchev–Trinajstić information content (AvgIpc) is 2.64. The maximum Gasteiger partial charge on any atom is 0.117 e. The normalized spacial score (nSPS) is 12.2. The molecule has 3 aromatic carbocycles. The third-order valence-corrected chi connectivity index (χ3v) is 3.60. The monoisotopic (exact) mass is 299 g/mol. The number of hydrogen-bond donors (Lipinski definition) is 1. The highest BCUT2D eigenvalue weighted by atomic mass is 16.4. The van der Waals surface area contributed by atoms with E-state index < -0.39 is 0 Å². The van der Waals surface area contributed by atoms with Gasteiger partial charge in [0.05, 0.1) is 0 Å². The number of allylic oxidation sites excluding steroid dienone is 1. The molecule has 3 aromatic rings. The Morgan fingerprint density at radius 2 is 1.13 bits per heavy atom. The molecular formula is C21H17NO. The summed E-state index contributed by atoms with van der Waals surface area (Å²) in [5.74, 6) is 0. The minimum Gasteiger partial charge on any atom is -0.410 e. The Morgan fingerprint density at radius 3 is 1.65 bits per heavy atom. The molecule has 0 unspecified atom stereocenters. The van der Waals surface area contributed by atoms with E-state index in [2.05, 4.69) is 5.16 Å². The first-order valence-electron chi connectivity index (χ1n) is 7.48. The van der Waals surface area contributed by atoms with Crippen LogP contribution in [0.15, 0.2) is 96.2 Å². The standard InChI is InChI=1S/C21H17NO/c23-22-21(19-14-8-3-9-15-19)20(18-12-6-2-7-13-18)16-17-10-4-1-5-11-17/h1-16,23H/b20-16?,22-21-. The summed E-state index contributed by atoms with van der Waals surface area (Å²) in [4.78, 5) is 0. The van der Waals surface area contributed by atoms with Crippen molar-refractivity contribution in [3.8, 4) is 0 Å². The van der Waals surface area contributed by atoms with Crippen LogP contribution in [0.25, 0.3) is 11.6 Å². The van der Waals surface area contributed by atoms with Gasteiger partial charge in [0.2, 0.25) is 0 Å². The molecule has 0 saturated carbocycles. The molecule has 0 bridgehead atoms. The minimum atomic E-state index is 0.556. The van der Waals surface area contributed by atoms with Crippen molar-refractivity contribution >= 4 is 17.4 Å². The van der Waals surface area contributed by atoms with E-state index in [0.717, 1.165) is 22.3 Å². The quantitative estimate of drug-likeness (QED) is 0.309. The van der Waals surface area contributed by atoms with E-state index in [0.29, 0.717) is 5.71 Å². The van der Waals surface area contributed by atoms with Gasteiger partial charge in [-0.3, -0.25) is 0 Å². The molecule has 0 atom stereocenters. The fraction of sp³-hybridized carbons (Fsp3) is 0. The molecule has 0 amide bonds. The van der Waals surface area contributed by atoms with Crippen LogP contribution in [0.2, 0.25) is 0 Å². The number of nitrogens with zero attached hydrogens (tertiary/aromatic N) is 1. The van der Waals surface area contributed by atoms with Crippen LogP contribution in [0.3, 0.4) is 0 Å². The lowest BCUT2D eigenvalue weighted by molar-refractivity contribution is 0.320. The summed E-state index contributed by atoms with van der Waals surface area (Å²) in [6, 6.07) is 29.7. The van der Waals surface area contributed by atoms with Gasteiger partial charge in [0.15, 0.2) is 0 Å². The lowest BCUT2D eigenvalue weighted by Gasteiger charge is -2.11. The Morgan fingerprint density at radius 1 is 0.652 bits per heavy atom. The number of oxime groups is 1. The first-order valence-corrected chi connectivity index (χ1v) is 7.48. The summed E-state index contributed by atoms with van der Waals surface area (Å²) in [6.45, 7) is 0. The van der Waals surface area contributed by atoms with Crippen molar-refractivity contribution in [2.45, 2.75) is 0 Å². The van der Waals surface area contributed by atoms with Crippen LogP contribution in [0.4, 0.5) is 0 Å². The largest absolute Gasteiger partial charge is 0.410 e. The van der Waals surface area contributed by atoms with Crippen molar-refractivity contribution in [2.75, 3.05) is 0 Å². The van der Waals surface area contributed by atoms with Gasteiger partial charge in [0.25, 0.3) is 0 Å². The van der Waals surface area contributed by atoms with Gasteiger partial charge in [-0.2, -0.15) is 0 Å². The summed E-state index contributed by atoms with van der Waals surface area (Å²) in [6.07, 6.45) is 2.04. The van der Waals surface area contributed by atoms with Crippen molar-refractivity contribution in [1.82, 2.24) is 0 Å². The van der Waals surface area contributed by atoms with E-state index in [9.17, 15) is 5.21 Å². The van der Waals surface area contributed by atoms with Gasteiger partial charge < -0.3 is 5.21 Å². The van der Waals surface area contributed by atoms with Crippen molar-refractivity contribution in [1.29, 1.82) is 0 Å². The predicted octanol–water partition coefficient (Wildman–Crippen LogP) is 5.11. The molecule has 112 valence electrons. The number of rotatable bonds is 4. The Kier molecular flexibility index (Phi) is 4.65. The molecule has 0 aromatic heterocycles. The maximum absolute atomic E-state index is 9.64. The van der Waals surface area contributed by atoms with E-state index in [-0.39, 0.29) is 0 Å². The van der Waals surface area contributed by atoms with E-state index in [1.807, 2.05) is 97.1 Å². The van der Waals surface area contributed by atoms with Crippen molar-refractivity contribution in [3.63, 3.8) is 0 Å². The van der Waals surface area contributed by atoms with Crippen LogP contribution in [0, 0.1) is 0 Å². The lowest BCUT2D eigenvalue weighted by Crippen LogP contribution is -2.04. The third-order valence-electron chi connectivity index (χ3n) is 3.60. The summed E-state index contributed by atoms with van der Waals surface area (Å²) in [5.41, 5.74) is 4.38. The second-order valence-electron chi connectivity index (χ2n) is 5.15. The molecule has 1 N–H and O–H groups in total. The van der Waals surface area contributed by atoms with Gasteiger partial charge in [-0.25, -0.2) is 0 Å². The molecule has 2 heteroatoms. The van der Waals surface area contributed by atoms with E-state index in [4.69, 9.17) is 0 Å². The molecule has 0 fully saturated rings. The smallest absolute Gasteiger partial charge is 0.117 e. The highest BCUT2D eigenvalue weighted by molar-refractivity contribution is 6.34. The summed E-state index contributed by atoms with van der Waals surface area (Å²) in [7, 11) is 0. The molecule has 0 aliphatic carbocycles. The van der Waals surface area contributed by atoms with Gasteiger partial charge in [0.1, 0.15) is 5.71 Å². The van der Waals surface area contributed by atoms with Crippen LogP contribution in [-0.4, -0.2) is 10.9 Å². The first-order chi connectivity index (χ1) is 11.4. The second kappa shape index (κ2) is 7.23. The number of benzene rings is 3. The van der Waals surface area contributed by atoms with Crippen LogP contribution < -0.4 is 0 Å². The predicted molar refractivity (Wildman–Crippen MR) is 95.5 cm³/mol. The van der Waals surface area contributed by atoms with Crippen molar-refractivity contribution in [3.05, 3.63) is 108 Å². The van der Waals surface area contributed by atoms with E-state index in [1.165, 1.54) is 0 Å². The van der Waals surface area contributed by atoms with Crippen LogP contribution in [0.1, 0.15) is 16.7 Å². The van der Waals surface area contributed by atoms with Gasteiger partial charge in [-0.1, -0.05) is 96.2 Å². The molecule has 0 radical (unpaired) electrons.